The van der Waals surface area contributed by atoms with Crippen LogP contribution in [0.2, 0.25) is 0 Å². The fraction of sp³-hybridized carbons (Fsp3) is 0.250. The minimum absolute atomic E-state index is 0.209. The maximum absolute atomic E-state index is 3.68. The lowest BCUT2D eigenvalue weighted by Crippen LogP contribution is -2.30. The van der Waals surface area contributed by atoms with Crippen molar-refractivity contribution in [3.05, 3.63) is 72.8 Å². The molecule has 0 saturated heterocycles. The Morgan fingerprint density at radius 2 is 1.42 bits per heavy atom. The van der Waals surface area contributed by atoms with E-state index in [1.807, 2.05) is 0 Å². The van der Waals surface area contributed by atoms with Crippen molar-refractivity contribution in [2.45, 2.75) is 33.7 Å². The number of nitrogens with one attached hydrogen (secondary N) is 1. The summed E-state index contributed by atoms with van der Waals surface area (Å²) >= 11 is 0. The number of fused-ring (bicyclic) bond motifs is 3. The molecule has 26 heavy (non-hydrogen) atoms. The van der Waals surface area contributed by atoms with Gasteiger partial charge in [-0.1, -0.05) is 63.2 Å². The lowest BCUT2D eigenvalue weighted by molar-refractivity contribution is 0.359. The van der Waals surface area contributed by atoms with Crippen molar-refractivity contribution >= 4 is 27.5 Å². The number of hydrogen-bond acceptors (Lipinski definition) is 1. The average Bonchev–Trinajstić information content (AvgIpc) is 2.95. The summed E-state index contributed by atoms with van der Waals surface area (Å²) in [6.45, 7) is 9.05. The van der Waals surface area contributed by atoms with Gasteiger partial charge in [0.1, 0.15) is 0 Å². The first kappa shape index (κ1) is 16.7. The van der Waals surface area contributed by atoms with Crippen LogP contribution in [-0.4, -0.2) is 10.6 Å². The van der Waals surface area contributed by atoms with E-state index < -0.39 is 0 Å². The first-order chi connectivity index (χ1) is 12.4. The van der Waals surface area contributed by atoms with Crippen LogP contribution in [0.5, 0.6) is 0 Å². The maximum atomic E-state index is 3.68. The molecule has 1 atom stereocenters. The summed E-state index contributed by atoms with van der Waals surface area (Å²) < 4.78 is 2.36. The lowest BCUT2D eigenvalue weighted by Gasteiger charge is -2.29. The Labute approximate surface area is 155 Å². The van der Waals surface area contributed by atoms with E-state index in [2.05, 4.69) is 110 Å². The van der Waals surface area contributed by atoms with Gasteiger partial charge in [0.2, 0.25) is 0 Å². The summed E-state index contributed by atoms with van der Waals surface area (Å²) in [5.74, 6) is 0. The minimum Gasteiger partial charge on any atom is -0.382 e. The van der Waals surface area contributed by atoms with Crippen LogP contribution in [0, 0.1) is 5.41 Å². The first-order valence-electron chi connectivity index (χ1n) is 9.30. The fourth-order valence-electron chi connectivity index (χ4n) is 3.38. The van der Waals surface area contributed by atoms with Crippen molar-refractivity contribution in [3.63, 3.8) is 0 Å². The molecule has 4 rings (SSSR count). The smallest absolute Gasteiger partial charge is 0.0561 e. The molecule has 4 aromatic rings. The molecule has 0 fully saturated rings. The molecular formula is C24H26N2. The Balaban J connectivity index is 1.93. The highest BCUT2D eigenvalue weighted by atomic mass is 15.0. The highest BCUT2D eigenvalue weighted by molar-refractivity contribution is 6.10. The quantitative estimate of drug-likeness (QED) is 0.442. The van der Waals surface area contributed by atoms with Crippen molar-refractivity contribution in [1.82, 2.24) is 4.57 Å². The second-order valence-electron chi connectivity index (χ2n) is 8.15. The van der Waals surface area contributed by atoms with Crippen LogP contribution in [-0.2, 0) is 0 Å². The predicted octanol–water partition coefficient (Wildman–Crippen LogP) is 6.63. The SMILES string of the molecule is CC(Nc1ccc2c3ccccc3n(-c3ccccc3)c2c1)C(C)(C)C. The van der Waals surface area contributed by atoms with Crippen molar-refractivity contribution in [1.29, 1.82) is 0 Å². The van der Waals surface area contributed by atoms with Gasteiger partial charge in [0.15, 0.2) is 0 Å². The molecule has 1 unspecified atom stereocenters. The second-order valence-corrected chi connectivity index (χ2v) is 8.15. The average molecular weight is 342 g/mol. The largest absolute Gasteiger partial charge is 0.382 e. The van der Waals surface area contributed by atoms with Crippen LogP contribution in [0.25, 0.3) is 27.5 Å². The van der Waals surface area contributed by atoms with E-state index in [0.29, 0.717) is 6.04 Å². The van der Waals surface area contributed by atoms with Gasteiger partial charge in [0.05, 0.1) is 11.0 Å². The zero-order chi connectivity index (χ0) is 18.3. The number of aromatic nitrogens is 1. The number of benzene rings is 3. The summed E-state index contributed by atoms with van der Waals surface area (Å²) in [6, 6.07) is 26.4. The summed E-state index contributed by atoms with van der Waals surface area (Å²) in [5.41, 5.74) is 5.05. The highest BCUT2D eigenvalue weighted by Crippen LogP contribution is 2.34. The molecule has 2 heteroatoms. The van der Waals surface area contributed by atoms with Gasteiger partial charge in [-0.3, -0.25) is 0 Å². The van der Waals surface area contributed by atoms with Crippen LogP contribution >= 0.6 is 0 Å². The van der Waals surface area contributed by atoms with E-state index in [1.165, 1.54) is 33.2 Å². The van der Waals surface area contributed by atoms with Crippen LogP contribution in [0.1, 0.15) is 27.7 Å². The molecule has 1 aromatic heterocycles. The molecule has 0 aliphatic carbocycles. The highest BCUT2D eigenvalue weighted by Gasteiger charge is 2.20. The van der Waals surface area contributed by atoms with Gasteiger partial charge in [-0.2, -0.15) is 0 Å². The first-order valence-corrected chi connectivity index (χ1v) is 9.30. The Kier molecular flexibility index (Phi) is 3.99. The molecule has 0 spiro atoms. The zero-order valence-electron chi connectivity index (χ0n) is 16.0. The zero-order valence-corrected chi connectivity index (χ0v) is 16.0. The molecule has 132 valence electrons. The fourth-order valence-corrected chi connectivity index (χ4v) is 3.38. The lowest BCUT2D eigenvalue weighted by atomic mass is 9.88. The number of hydrogen-bond donors (Lipinski definition) is 1. The molecule has 0 saturated carbocycles. The Morgan fingerprint density at radius 3 is 2.15 bits per heavy atom. The molecule has 0 bridgehead atoms. The molecular weight excluding hydrogens is 316 g/mol. The third kappa shape index (κ3) is 2.86. The molecule has 0 amide bonds. The number of rotatable bonds is 3. The summed E-state index contributed by atoms with van der Waals surface area (Å²) in [5, 5.41) is 6.27. The van der Waals surface area contributed by atoms with Crippen LogP contribution in [0.15, 0.2) is 72.8 Å². The van der Waals surface area contributed by atoms with Crippen LogP contribution in [0.3, 0.4) is 0 Å². The molecule has 0 aliphatic rings. The van der Waals surface area contributed by atoms with Gasteiger partial charge < -0.3 is 9.88 Å². The Morgan fingerprint density at radius 1 is 0.769 bits per heavy atom. The number of anilines is 1. The van der Waals surface area contributed by atoms with Crippen molar-refractivity contribution in [2.24, 2.45) is 5.41 Å². The summed E-state index contributed by atoms with van der Waals surface area (Å²) in [4.78, 5) is 0. The van der Waals surface area contributed by atoms with Crippen molar-refractivity contribution in [2.75, 3.05) is 5.32 Å². The van der Waals surface area contributed by atoms with E-state index in [9.17, 15) is 0 Å². The van der Waals surface area contributed by atoms with Gasteiger partial charge in [-0.15, -0.1) is 0 Å². The molecule has 3 aromatic carbocycles. The van der Waals surface area contributed by atoms with Crippen LogP contribution < -0.4 is 5.32 Å². The molecule has 0 radical (unpaired) electrons. The van der Waals surface area contributed by atoms with Gasteiger partial charge in [0, 0.05) is 28.2 Å². The summed E-state index contributed by atoms with van der Waals surface area (Å²) in [6.07, 6.45) is 0. The predicted molar refractivity (Wildman–Crippen MR) is 113 cm³/mol. The van der Waals surface area contributed by atoms with Gasteiger partial charge in [-0.05, 0) is 42.7 Å². The van der Waals surface area contributed by atoms with Crippen molar-refractivity contribution in [3.8, 4) is 5.69 Å². The van der Waals surface area contributed by atoms with Gasteiger partial charge in [-0.25, -0.2) is 0 Å². The Bertz CT molecular complexity index is 1050. The maximum Gasteiger partial charge on any atom is 0.0561 e. The molecule has 0 aliphatic heterocycles. The molecule has 1 heterocycles. The second kappa shape index (κ2) is 6.21. The van der Waals surface area contributed by atoms with E-state index in [-0.39, 0.29) is 5.41 Å². The third-order valence-corrected chi connectivity index (χ3v) is 5.37. The van der Waals surface area contributed by atoms with E-state index in [4.69, 9.17) is 0 Å². The standard InChI is InChI=1S/C24H26N2/c1-17(24(2,3)4)25-18-14-15-21-20-12-8-9-13-22(20)26(23(21)16-18)19-10-6-5-7-11-19/h5-17,25H,1-4H3. The van der Waals surface area contributed by atoms with Gasteiger partial charge >= 0.3 is 0 Å². The minimum atomic E-state index is 0.209. The third-order valence-electron chi connectivity index (χ3n) is 5.37. The van der Waals surface area contributed by atoms with E-state index >= 15 is 0 Å². The van der Waals surface area contributed by atoms with E-state index in [1.54, 1.807) is 0 Å². The Hall–Kier alpha value is -2.74. The van der Waals surface area contributed by atoms with Gasteiger partial charge in [0.25, 0.3) is 0 Å². The topological polar surface area (TPSA) is 17.0 Å². The van der Waals surface area contributed by atoms with E-state index in [0.717, 1.165) is 0 Å². The van der Waals surface area contributed by atoms with Crippen molar-refractivity contribution < 1.29 is 0 Å². The molecule has 1 N–H and O–H groups in total. The monoisotopic (exact) mass is 342 g/mol. The number of nitrogens with zero attached hydrogens (tertiary/aromatic N) is 1. The normalized spacial score (nSPS) is 13.2. The molecule has 2 nitrogen and oxygen atoms in total. The van der Waals surface area contributed by atoms with Crippen LogP contribution in [0.4, 0.5) is 5.69 Å². The summed E-state index contributed by atoms with van der Waals surface area (Å²) in [7, 11) is 0. The number of para-hydroxylation sites is 2.